The highest BCUT2D eigenvalue weighted by molar-refractivity contribution is 5.86. The highest BCUT2D eigenvalue weighted by Crippen LogP contribution is 2.25. The Morgan fingerprint density at radius 2 is 2.00 bits per heavy atom. The monoisotopic (exact) mass is 227 g/mol. The first-order chi connectivity index (χ1) is 8.26. The zero-order valence-corrected chi connectivity index (χ0v) is 8.92. The van der Waals surface area contributed by atoms with E-state index in [1.54, 1.807) is 18.2 Å². The van der Waals surface area contributed by atoms with Gasteiger partial charge in [-0.15, -0.1) is 0 Å². The minimum Gasteiger partial charge on any atom is -0.423 e. The van der Waals surface area contributed by atoms with Crippen LogP contribution in [0.3, 0.4) is 0 Å². The SMILES string of the molecule is N#CCN(CC#N)c1nc2c(N)cccc2o1. The molecule has 17 heavy (non-hydrogen) atoms. The minimum absolute atomic E-state index is 0.0420. The molecule has 84 valence electrons. The Labute approximate surface area is 97.5 Å². The van der Waals surface area contributed by atoms with Gasteiger partial charge in [0.15, 0.2) is 5.58 Å². The van der Waals surface area contributed by atoms with Crippen LogP contribution in [0.2, 0.25) is 0 Å². The number of nitrogens with two attached hydrogens (primary N) is 1. The topological polar surface area (TPSA) is 103 Å². The number of fused-ring (bicyclic) bond motifs is 1. The normalized spacial score (nSPS) is 9.76. The third-order valence-corrected chi connectivity index (χ3v) is 2.23. The quantitative estimate of drug-likeness (QED) is 0.625. The maximum atomic E-state index is 8.66. The molecule has 0 saturated heterocycles. The Hall–Kier alpha value is -2.73. The van der Waals surface area contributed by atoms with Gasteiger partial charge in [0.2, 0.25) is 0 Å². The zero-order valence-electron chi connectivity index (χ0n) is 8.92. The second-order valence-electron chi connectivity index (χ2n) is 3.36. The van der Waals surface area contributed by atoms with Crippen LogP contribution in [0.25, 0.3) is 11.1 Å². The van der Waals surface area contributed by atoms with Crippen molar-refractivity contribution in [3.8, 4) is 12.1 Å². The summed E-state index contributed by atoms with van der Waals surface area (Å²) in [7, 11) is 0. The summed E-state index contributed by atoms with van der Waals surface area (Å²) in [6.07, 6.45) is 0. The predicted molar refractivity (Wildman–Crippen MR) is 61.9 cm³/mol. The summed E-state index contributed by atoms with van der Waals surface area (Å²) in [5, 5.41) is 17.3. The Balaban J connectivity index is 2.45. The second kappa shape index (κ2) is 4.42. The molecule has 0 atom stereocenters. The number of oxazole rings is 1. The standard InChI is InChI=1S/C11H9N5O/c12-4-6-16(7-5-13)11-15-10-8(14)2-1-3-9(10)17-11/h1-3H,6-7,14H2. The van der Waals surface area contributed by atoms with Crippen molar-refractivity contribution in [1.29, 1.82) is 10.5 Å². The molecule has 0 amide bonds. The lowest BCUT2D eigenvalue weighted by Crippen LogP contribution is -2.23. The number of hydrogen-bond acceptors (Lipinski definition) is 6. The Kier molecular flexibility index (Phi) is 2.80. The predicted octanol–water partition coefficient (Wildman–Crippen LogP) is 1.26. The van der Waals surface area contributed by atoms with Crippen molar-refractivity contribution in [1.82, 2.24) is 4.98 Å². The zero-order chi connectivity index (χ0) is 12.3. The van der Waals surface area contributed by atoms with Gasteiger partial charge < -0.3 is 10.2 Å². The average molecular weight is 227 g/mol. The number of rotatable bonds is 3. The average Bonchev–Trinajstić information content (AvgIpc) is 2.74. The molecule has 0 radical (unpaired) electrons. The van der Waals surface area contributed by atoms with E-state index in [1.165, 1.54) is 4.90 Å². The molecule has 2 N–H and O–H groups in total. The lowest BCUT2D eigenvalue weighted by molar-refractivity contribution is 0.586. The third-order valence-electron chi connectivity index (χ3n) is 2.23. The molecular formula is C11H9N5O. The number of nitrogen functional groups attached to an aromatic ring is 1. The van der Waals surface area contributed by atoms with Crippen LogP contribution < -0.4 is 10.6 Å². The van der Waals surface area contributed by atoms with Crippen LogP contribution in [0.15, 0.2) is 22.6 Å². The number of para-hydroxylation sites is 1. The summed E-state index contributed by atoms with van der Waals surface area (Å²) in [5.41, 5.74) is 7.34. The maximum Gasteiger partial charge on any atom is 0.300 e. The van der Waals surface area contributed by atoms with E-state index in [0.29, 0.717) is 16.8 Å². The van der Waals surface area contributed by atoms with E-state index >= 15 is 0 Å². The van der Waals surface area contributed by atoms with Crippen molar-refractivity contribution < 1.29 is 4.42 Å². The smallest absolute Gasteiger partial charge is 0.300 e. The molecule has 2 rings (SSSR count). The fourth-order valence-corrected chi connectivity index (χ4v) is 1.46. The molecule has 0 unspecified atom stereocenters. The molecule has 0 aliphatic rings. The van der Waals surface area contributed by atoms with E-state index in [1.807, 2.05) is 12.1 Å². The molecule has 1 aromatic heterocycles. The van der Waals surface area contributed by atoms with Gasteiger partial charge in [-0.3, -0.25) is 4.90 Å². The van der Waals surface area contributed by atoms with Crippen molar-refractivity contribution in [2.75, 3.05) is 23.7 Å². The number of hydrogen-bond donors (Lipinski definition) is 1. The van der Waals surface area contributed by atoms with E-state index < -0.39 is 0 Å². The van der Waals surface area contributed by atoms with E-state index in [0.717, 1.165) is 0 Å². The molecular weight excluding hydrogens is 218 g/mol. The summed E-state index contributed by atoms with van der Waals surface area (Å²) in [6, 6.07) is 9.35. The van der Waals surface area contributed by atoms with Crippen LogP contribution in [0, 0.1) is 22.7 Å². The largest absolute Gasteiger partial charge is 0.423 e. The van der Waals surface area contributed by atoms with Gasteiger partial charge in [-0.2, -0.15) is 15.5 Å². The fraction of sp³-hybridized carbons (Fsp3) is 0.182. The van der Waals surface area contributed by atoms with Gasteiger partial charge in [-0.25, -0.2) is 0 Å². The summed E-state index contributed by atoms with van der Waals surface area (Å²) in [4.78, 5) is 5.63. The van der Waals surface area contributed by atoms with Gasteiger partial charge in [0.25, 0.3) is 6.01 Å². The second-order valence-corrected chi connectivity index (χ2v) is 3.36. The van der Waals surface area contributed by atoms with Gasteiger partial charge in [-0.05, 0) is 12.1 Å². The van der Waals surface area contributed by atoms with Crippen molar-refractivity contribution in [2.24, 2.45) is 0 Å². The van der Waals surface area contributed by atoms with Gasteiger partial charge in [-0.1, -0.05) is 6.07 Å². The molecule has 6 nitrogen and oxygen atoms in total. The molecule has 0 saturated carbocycles. The molecule has 6 heteroatoms. The maximum absolute atomic E-state index is 8.66. The fourth-order valence-electron chi connectivity index (χ4n) is 1.46. The van der Waals surface area contributed by atoms with Gasteiger partial charge in [0, 0.05) is 0 Å². The van der Waals surface area contributed by atoms with Crippen LogP contribution in [0.5, 0.6) is 0 Å². The van der Waals surface area contributed by atoms with Crippen LogP contribution in [0.1, 0.15) is 0 Å². The van der Waals surface area contributed by atoms with Crippen molar-refractivity contribution >= 4 is 22.8 Å². The van der Waals surface area contributed by atoms with Gasteiger partial charge in [0.05, 0.1) is 17.8 Å². The number of benzene rings is 1. The van der Waals surface area contributed by atoms with E-state index in [2.05, 4.69) is 4.98 Å². The van der Waals surface area contributed by atoms with Crippen molar-refractivity contribution in [3.05, 3.63) is 18.2 Å². The Bertz CT molecular complexity index is 603. The third kappa shape index (κ3) is 1.97. The molecule has 0 spiro atoms. The first kappa shape index (κ1) is 10.8. The summed E-state index contributed by atoms with van der Waals surface area (Å²) in [5.74, 6) is 0. The van der Waals surface area contributed by atoms with Crippen LogP contribution in [-0.4, -0.2) is 18.1 Å². The highest BCUT2D eigenvalue weighted by Gasteiger charge is 2.14. The lowest BCUT2D eigenvalue weighted by atomic mass is 10.3. The number of anilines is 2. The first-order valence-corrected chi connectivity index (χ1v) is 4.90. The summed E-state index contributed by atoms with van der Waals surface area (Å²) in [6.45, 7) is 0.0839. The van der Waals surface area contributed by atoms with Crippen LogP contribution in [-0.2, 0) is 0 Å². The van der Waals surface area contributed by atoms with Crippen LogP contribution in [0.4, 0.5) is 11.7 Å². The Morgan fingerprint density at radius 3 is 2.59 bits per heavy atom. The lowest BCUT2D eigenvalue weighted by Gasteiger charge is -2.11. The van der Waals surface area contributed by atoms with E-state index in [4.69, 9.17) is 20.7 Å². The molecule has 1 aromatic carbocycles. The molecule has 1 heterocycles. The molecule has 0 aliphatic heterocycles. The Morgan fingerprint density at radius 1 is 1.29 bits per heavy atom. The number of aromatic nitrogens is 1. The number of nitrogens with zero attached hydrogens (tertiary/aromatic N) is 4. The van der Waals surface area contributed by atoms with Gasteiger partial charge >= 0.3 is 0 Å². The van der Waals surface area contributed by atoms with E-state index in [9.17, 15) is 0 Å². The number of nitriles is 2. The highest BCUT2D eigenvalue weighted by atomic mass is 16.4. The van der Waals surface area contributed by atoms with E-state index in [-0.39, 0.29) is 19.1 Å². The summed E-state index contributed by atoms with van der Waals surface area (Å²) >= 11 is 0. The molecule has 2 aromatic rings. The molecule has 0 aliphatic carbocycles. The summed E-state index contributed by atoms with van der Waals surface area (Å²) < 4.78 is 5.45. The first-order valence-electron chi connectivity index (χ1n) is 4.90. The van der Waals surface area contributed by atoms with Crippen molar-refractivity contribution in [2.45, 2.75) is 0 Å². The minimum atomic E-state index is 0.0420. The molecule has 0 bridgehead atoms. The van der Waals surface area contributed by atoms with Crippen LogP contribution >= 0.6 is 0 Å². The van der Waals surface area contributed by atoms with Crippen molar-refractivity contribution in [3.63, 3.8) is 0 Å². The molecule has 0 fully saturated rings. The van der Waals surface area contributed by atoms with Gasteiger partial charge in [0.1, 0.15) is 18.6 Å².